The van der Waals surface area contributed by atoms with Gasteiger partial charge in [0.05, 0.1) is 5.56 Å². The number of carbonyl (C=O) groups is 1. The fourth-order valence-corrected chi connectivity index (χ4v) is 2.26. The summed E-state index contributed by atoms with van der Waals surface area (Å²) in [5, 5.41) is 2.86. The molecule has 0 saturated carbocycles. The first-order chi connectivity index (χ1) is 8.66. The van der Waals surface area contributed by atoms with Gasteiger partial charge in [0.1, 0.15) is 5.82 Å². The zero-order chi connectivity index (χ0) is 13.0. The van der Waals surface area contributed by atoms with E-state index in [4.69, 9.17) is 10.5 Å². The number of rotatable bonds is 4. The number of nitrogens with one attached hydrogen (secondary N) is 1. The highest BCUT2D eigenvalue weighted by Gasteiger charge is 2.16. The zero-order valence-electron chi connectivity index (χ0n) is 9.99. The molecule has 1 aromatic heterocycles. The maximum Gasteiger partial charge on any atom is 0.255 e. The van der Waals surface area contributed by atoms with Crippen molar-refractivity contribution < 1.29 is 9.53 Å². The van der Waals surface area contributed by atoms with Crippen molar-refractivity contribution in [3.05, 3.63) is 22.3 Å². The summed E-state index contributed by atoms with van der Waals surface area (Å²) in [6.07, 6.45) is 3.59. The van der Waals surface area contributed by atoms with Crippen molar-refractivity contribution in [2.45, 2.75) is 12.8 Å². The summed E-state index contributed by atoms with van der Waals surface area (Å²) < 4.78 is 6.03. The van der Waals surface area contributed by atoms with Crippen molar-refractivity contribution in [2.75, 3.05) is 25.5 Å². The number of anilines is 1. The lowest BCUT2D eigenvalue weighted by Gasteiger charge is -2.09. The molecule has 1 unspecified atom stereocenters. The van der Waals surface area contributed by atoms with Crippen LogP contribution < -0.4 is 11.1 Å². The van der Waals surface area contributed by atoms with E-state index in [1.807, 2.05) is 0 Å². The Kier molecular flexibility index (Phi) is 4.54. The maximum absolute atomic E-state index is 11.9. The summed E-state index contributed by atoms with van der Waals surface area (Å²) in [6, 6.07) is 1.68. The highest BCUT2D eigenvalue weighted by molar-refractivity contribution is 9.10. The summed E-state index contributed by atoms with van der Waals surface area (Å²) in [7, 11) is 0. The molecular weight excluding hydrogens is 298 g/mol. The summed E-state index contributed by atoms with van der Waals surface area (Å²) >= 11 is 3.27. The van der Waals surface area contributed by atoms with Gasteiger partial charge in [-0.3, -0.25) is 4.79 Å². The largest absolute Gasteiger partial charge is 0.383 e. The minimum Gasteiger partial charge on any atom is -0.383 e. The first-order valence-electron chi connectivity index (χ1n) is 5.94. The van der Waals surface area contributed by atoms with Gasteiger partial charge in [0.2, 0.25) is 0 Å². The summed E-state index contributed by atoms with van der Waals surface area (Å²) in [5.74, 6) is 0.628. The van der Waals surface area contributed by atoms with Gasteiger partial charge in [-0.25, -0.2) is 4.98 Å². The number of hydrogen-bond donors (Lipinski definition) is 2. The second kappa shape index (κ2) is 6.15. The van der Waals surface area contributed by atoms with Crippen molar-refractivity contribution >= 4 is 27.7 Å². The Morgan fingerprint density at radius 2 is 2.50 bits per heavy atom. The molecule has 1 aromatic rings. The van der Waals surface area contributed by atoms with Gasteiger partial charge in [-0.1, -0.05) is 0 Å². The van der Waals surface area contributed by atoms with Crippen LogP contribution in [-0.2, 0) is 4.74 Å². The molecule has 0 radical (unpaired) electrons. The quantitative estimate of drug-likeness (QED) is 0.884. The van der Waals surface area contributed by atoms with E-state index in [-0.39, 0.29) is 11.7 Å². The third-order valence-corrected chi connectivity index (χ3v) is 3.43. The fraction of sp³-hybridized carbons (Fsp3) is 0.500. The van der Waals surface area contributed by atoms with E-state index >= 15 is 0 Å². The highest BCUT2D eigenvalue weighted by atomic mass is 79.9. The summed E-state index contributed by atoms with van der Waals surface area (Å²) in [5.41, 5.74) is 6.08. The Morgan fingerprint density at radius 3 is 3.22 bits per heavy atom. The second-order valence-corrected chi connectivity index (χ2v) is 5.28. The Labute approximate surface area is 114 Å². The Hall–Kier alpha value is -1.14. The van der Waals surface area contributed by atoms with Crippen molar-refractivity contribution in [1.82, 2.24) is 10.3 Å². The number of hydrogen-bond acceptors (Lipinski definition) is 4. The minimum atomic E-state index is -0.180. The molecule has 2 heterocycles. The number of nitrogens with two attached hydrogens (primary N) is 1. The van der Waals surface area contributed by atoms with Gasteiger partial charge >= 0.3 is 0 Å². The second-order valence-electron chi connectivity index (χ2n) is 4.36. The van der Waals surface area contributed by atoms with Crippen molar-refractivity contribution in [1.29, 1.82) is 0 Å². The molecule has 3 N–H and O–H groups in total. The van der Waals surface area contributed by atoms with Gasteiger partial charge in [0, 0.05) is 30.4 Å². The van der Waals surface area contributed by atoms with Crippen molar-refractivity contribution in [3.63, 3.8) is 0 Å². The lowest BCUT2D eigenvalue weighted by Crippen LogP contribution is -2.27. The molecule has 1 aliphatic rings. The van der Waals surface area contributed by atoms with Crippen LogP contribution in [0, 0.1) is 5.92 Å². The van der Waals surface area contributed by atoms with E-state index in [0.29, 0.717) is 18.0 Å². The number of nitrogens with zero attached hydrogens (tertiary/aromatic N) is 1. The fourth-order valence-electron chi connectivity index (χ4n) is 1.93. The molecule has 6 heteroatoms. The smallest absolute Gasteiger partial charge is 0.255 e. The van der Waals surface area contributed by atoms with Crippen LogP contribution in [0.15, 0.2) is 16.7 Å². The predicted molar refractivity (Wildman–Crippen MR) is 72.2 cm³/mol. The number of pyridine rings is 1. The van der Waals surface area contributed by atoms with Gasteiger partial charge in [0.15, 0.2) is 0 Å². The monoisotopic (exact) mass is 313 g/mol. The van der Waals surface area contributed by atoms with E-state index in [9.17, 15) is 4.79 Å². The van der Waals surface area contributed by atoms with Gasteiger partial charge < -0.3 is 15.8 Å². The van der Waals surface area contributed by atoms with Gasteiger partial charge in [0.25, 0.3) is 5.91 Å². The van der Waals surface area contributed by atoms with E-state index in [0.717, 1.165) is 30.5 Å². The predicted octanol–water partition coefficient (Wildman–Crippen LogP) is 1.58. The summed E-state index contributed by atoms with van der Waals surface area (Å²) in [6.45, 7) is 2.27. The van der Waals surface area contributed by atoms with E-state index in [2.05, 4.69) is 26.2 Å². The zero-order valence-corrected chi connectivity index (χ0v) is 11.6. The molecule has 18 heavy (non-hydrogen) atoms. The third-order valence-electron chi connectivity index (χ3n) is 2.99. The van der Waals surface area contributed by atoms with E-state index in [1.54, 1.807) is 12.3 Å². The Morgan fingerprint density at radius 1 is 1.67 bits per heavy atom. The number of halogens is 1. The first-order valence-corrected chi connectivity index (χ1v) is 6.73. The molecule has 1 fully saturated rings. The third kappa shape index (κ3) is 3.43. The normalized spacial score (nSPS) is 18.8. The number of ether oxygens (including phenoxy) is 1. The van der Waals surface area contributed by atoms with Crippen LogP contribution in [0.2, 0.25) is 0 Å². The van der Waals surface area contributed by atoms with Crippen LogP contribution >= 0.6 is 15.9 Å². The average Bonchev–Trinajstić information content (AvgIpc) is 2.85. The number of amides is 1. The molecule has 5 nitrogen and oxygen atoms in total. The maximum atomic E-state index is 11.9. The first kappa shape index (κ1) is 13.3. The molecule has 1 amide bonds. The van der Waals surface area contributed by atoms with Crippen LogP contribution in [0.3, 0.4) is 0 Å². The molecule has 1 aliphatic heterocycles. The molecule has 0 spiro atoms. The Bertz CT molecular complexity index is 433. The molecule has 0 bridgehead atoms. The topological polar surface area (TPSA) is 77.2 Å². The number of nitrogen functional groups attached to an aromatic ring is 1. The SMILES string of the molecule is Nc1ncc(Br)cc1C(=O)NCCC1CCOC1. The van der Waals surface area contributed by atoms with Crippen molar-refractivity contribution in [3.8, 4) is 0 Å². The van der Waals surface area contributed by atoms with Crippen molar-refractivity contribution in [2.24, 2.45) is 5.92 Å². The molecular formula is C12H16BrN3O2. The van der Waals surface area contributed by atoms with Crippen LogP contribution in [0.1, 0.15) is 23.2 Å². The highest BCUT2D eigenvalue weighted by Crippen LogP contribution is 2.17. The van der Waals surface area contributed by atoms with E-state index < -0.39 is 0 Å². The molecule has 0 aromatic carbocycles. The average molecular weight is 314 g/mol. The molecule has 0 aliphatic carbocycles. The van der Waals surface area contributed by atoms with Gasteiger partial charge in [-0.2, -0.15) is 0 Å². The van der Waals surface area contributed by atoms with Crippen LogP contribution in [-0.4, -0.2) is 30.6 Å². The van der Waals surface area contributed by atoms with Crippen LogP contribution in [0.5, 0.6) is 0 Å². The standard InChI is InChI=1S/C12H16BrN3O2/c13-9-5-10(11(14)16-6-9)12(17)15-3-1-8-2-4-18-7-8/h5-6,8H,1-4,7H2,(H2,14,16)(H,15,17). The van der Waals surface area contributed by atoms with Gasteiger partial charge in [-0.15, -0.1) is 0 Å². The minimum absolute atomic E-state index is 0.180. The van der Waals surface area contributed by atoms with Crippen LogP contribution in [0.4, 0.5) is 5.82 Å². The molecule has 98 valence electrons. The lowest BCUT2D eigenvalue weighted by molar-refractivity contribution is 0.0951. The van der Waals surface area contributed by atoms with Gasteiger partial charge in [-0.05, 0) is 40.8 Å². The molecule has 1 saturated heterocycles. The lowest BCUT2D eigenvalue weighted by atomic mass is 10.1. The van der Waals surface area contributed by atoms with Crippen LogP contribution in [0.25, 0.3) is 0 Å². The van der Waals surface area contributed by atoms with E-state index in [1.165, 1.54) is 0 Å². The number of aromatic nitrogens is 1. The molecule has 1 atom stereocenters. The molecule has 2 rings (SSSR count). The summed E-state index contributed by atoms with van der Waals surface area (Å²) in [4.78, 5) is 15.8. The number of carbonyl (C=O) groups excluding carboxylic acids is 1. The Balaban J connectivity index is 1.85.